The number of hydrogen-bond donors (Lipinski definition) is 3. The van der Waals surface area contributed by atoms with Gasteiger partial charge in [-0.3, -0.25) is 9.52 Å². The topological polar surface area (TPSA) is 105 Å². The maximum Gasteiger partial charge on any atom is 0.419 e. The van der Waals surface area contributed by atoms with E-state index in [2.05, 4.69) is 5.32 Å². The van der Waals surface area contributed by atoms with E-state index >= 15 is 0 Å². The number of sulfonamides is 1. The first-order chi connectivity index (χ1) is 14.8. The Morgan fingerprint density at radius 1 is 1.19 bits per heavy atom. The van der Waals surface area contributed by atoms with Gasteiger partial charge in [-0.25, -0.2) is 12.8 Å². The van der Waals surface area contributed by atoms with Crippen molar-refractivity contribution in [3.8, 4) is 5.75 Å². The summed E-state index contributed by atoms with van der Waals surface area (Å²) in [4.78, 5) is 11.5. The summed E-state index contributed by atoms with van der Waals surface area (Å²) in [6.45, 7) is 4.84. The monoisotopic (exact) mass is 478 g/mol. The number of carbonyl (C=O) groups is 1. The molecule has 1 amide bonds. The van der Waals surface area contributed by atoms with Crippen LogP contribution in [0.3, 0.4) is 0 Å². The van der Waals surface area contributed by atoms with Gasteiger partial charge >= 0.3 is 6.18 Å². The minimum Gasteiger partial charge on any atom is -0.492 e. The van der Waals surface area contributed by atoms with Crippen molar-refractivity contribution in [2.24, 2.45) is 5.92 Å². The SMILES string of the molecule is CCOc1cc(NC(=O)[C@@H](O)C(C)C)ccc1S(=O)(=O)Nc1cccc(C(F)(F)F)c1F. The molecule has 1 atom stereocenters. The maximum absolute atomic E-state index is 14.3. The molecule has 0 aliphatic rings. The average Bonchev–Trinajstić information content (AvgIpc) is 2.68. The van der Waals surface area contributed by atoms with Crippen molar-refractivity contribution in [2.45, 2.75) is 37.9 Å². The molecule has 2 aromatic rings. The number of carbonyl (C=O) groups excluding carboxylic acids is 1. The molecular formula is C20H22F4N2O5S. The third kappa shape index (κ3) is 5.88. The molecule has 0 saturated heterocycles. The Morgan fingerprint density at radius 2 is 1.84 bits per heavy atom. The number of aliphatic hydroxyl groups excluding tert-OH is 1. The Bertz CT molecular complexity index is 1090. The van der Waals surface area contributed by atoms with Gasteiger partial charge in [-0.15, -0.1) is 0 Å². The predicted molar refractivity (Wildman–Crippen MR) is 109 cm³/mol. The number of benzene rings is 2. The van der Waals surface area contributed by atoms with Crippen molar-refractivity contribution in [3.63, 3.8) is 0 Å². The lowest BCUT2D eigenvalue weighted by molar-refractivity contribution is -0.139. The number of anilines is 2. The summed E-state index contributed by atoms with van der Waals surface area (Å²) >= 11 is 0. The molecule has 0 aliphatic heterocycles. The number of aliphatic hydroxyl groups is 1. The van der Waals surface area contributed by atoms with Crippen LogP contribution in [0, 0.1) is 11.7 Å². The summed E-state index contributed by atoms with van der Waals surface area (Å²) in [7, 11) is -4.57. The van der Waals surface area contributed by atoms with Gasteiger partial charge in [0.05, 0.1) is 17.9 Å². The van der Waals surface area contributed by atoms with Gasteiger partial charge in [0, 0.05) is 11.8 Å². The van der Waals surface area contributed by atoms with Crippen LogP contribution in [0.5, 0.6) is 5.75 Å². The number of amides is 1. The third-order valence-corrected chi connectivity index (χ3v) is 5.65. The van der Waals surface area contributed by atoms with Crippen LogP contribution in [0.1, 0.15) is 26.3 Å². The normalized spacial score (nSPS) is 13.0. The van der Waals surface area contributed by atoms with E-state index in [1.165, 1.54) is 12.1 Å². The fourth-order valence-corrected chi connectivity index (χ4v) is 3.81. The molecule has 0 aliphatic carbocycles. The van der Waals surface area contributed by atoms with Crippen LogP contribution in [-0.4, -0.2) is 32.1 Å². The highest BCUT2D eigenvalue weighted by molar-refractivity contribution is 7.92. The number of nitrogens with one attached hydrogen (secondary N) is 2. The van der Waals surface area contributed by atoms with Crippen molar-refractivity contribution in [3.05, 3.63) is 47.8 Å². The number of rotatable bonds is 8. The van der Waals surface area contributed by atoms with Crippen molar-refractivity contribution < 1.29 is 40.6 Å². The standard InChI is InChI=1S/C20H22F4N2O5S/c1-4-31-15-10-12(25-19(28)18(27)11(2)3)8-9-16(15)32(29,30)26-14-7-5-6-13(17(14)21)20(22,23)24/h5-11,18,26-27H,4H2,1-3H3,(H,25,28)/t18-/m0/s1. The van der Waals surface area contributed by atoms with Gasteiger partial charge in [-0.05, 0) is 37.1 Å². The summed E-state index contributed by atoms with van der Waals surface area (Å²) in [5.41, 5.74) is -2.40. The molecule has 0 heterocycles. The smallest absolute Gasteiger partial charge is 0.419 e. The highest BCUT2D eigenvalue weighted by Crippen LogP contribution is 2.35. The molecule has 0 fully saturated rings. The van der Waals surface area contributed by atoms with Crippen molar-refractivity contribution in [1.82, 2.24) is 0 Å². The predicted octanol–water partition coefficient (Wildman–Crippen LogP) is 4.00. The van der Waals surface area contributed by atoms with Crippen LogP contribution in [0.15, 0.2) is 41.3 Å². The summed E-state index contributed by atoms with van der Waals surface area (Å²) in [6, 6.07) is 5.62. The van der Waals surface area contributed by atoms with Gasteiger partial charge in [-0.2, -0.15) is 13.2 Å². The van der Waals surface area contributed by atoms with Crippen LogP contribution in [0.2, 0.25) is 0 Å². The Hall–Kier alpha value is -2.86. The van der Waals surface area contributed by atoms with Gasteiger partial charge in [0.2, 0.25) is 0 Å². The zero-order chi connectivity index (χ0) is 24.3. The lowest BCUT2D eigenvalue weighted by Crippen LogP contribution is -2.31. The largest absolute Gasteiger partial charge is 0.492 e. The van der Waals surface area contributed by atoms with Crippen LogP contribution in [0.25, 0.3) is 0 Å². The van der Waals surface area contributed by atoms with Gasteiger partial charge in [0.15, 0.2) is 5.82 Å². The van der Waals surface area contributed by atoms with Gasteiger partial charge < -0.3 is 15.2 Å². The molecule has 0 saturated carbocycles. The zero-order valence-electron chi connectivity index (χ0n) is 17.3. The molecule has 0 aromatic heterocycles. The second-order valence-corrected chi connectivity index (χ2v) is 8.69. The number of ether oxygens (including phenoxy) is 1. The lowest BCUT2D eigenvalue weighted by atomic mass is 10.1. The second kappa shape index (κ2) is 9.74. The molecule has 0 radical (unpaired) electrons. The Balaban J connectivity index is 2.40. The summed E-state index contributed by atoms with van der Waals surface area (Å²) < 4.78 is 85.6. The first-order valence-electron chi connectivity index (χ1n) is 9.42. The molecular weight excluding hydrogens is 456 g/mol. The van der Waals surface area contributed by atoms with E-state index in [0.29, 0.717) is 6.07 Å². The van der Waals surface area contributed by atoms with Crippen molar-refractivity contribution in [1.29, 1.82) is 0 Å². The quantitative estimate of drug-likeness (QED) is 0.498. The fraction of sp³-hybridized carbons (Fsp3) is 0.350. The molecule has 2 rings (SSSR count). The summed E-state index contributed by atoms with van der Waals surface area (Å²) in [5, 5.41) is 12.2. The highest BCUT2D eigenvalue weighted by Gasteiger charge is 2.35. The third-order valence-electron chi connectivity index (χ3n) is 4.25. The molecule has 2 aromatic carbocycles. The van der Waals surface area contributed by atoms with Crippen LogP contribution in [-0.2, 0) is 21.0 Å². The first kappa shape index (κ1) is 25.4. The first-order valence-corrected chi connectivity index (χ1v) is 10.9. The van der Waals surface area contributed by atoms with Crippen LogP contribution in [0.4, 0.5) is 28.9 Å². The molecule has 7 nitrogen and oxygen atoms in total. The van der Waals surface area contributed by atoms with E-state index in [1.807, 2.05) is 0 Å². The van der Waals surface area contributed by atoms with Crippen molar-refractivity contribution in [2.75, 3.05) is 16.6 Å². The number of halogens is 4. The van der Waals surface area contributed by atoms with Gasteiger partial charge in [0.25, 0.3) is 15.9 Å². The molecule has 0 spiro atoms. The van der Waals surface area contributed by atoms with E-state index in [1.54, 1.807) is 25.5 Å². The van der Waals surface area contributed by atoms with Gasteiger partial charge in [0.1, 0.15) is 16.7 Å². The maximum atomic E-state index is 14.3. The Kier molecular flexibility index (Phi) is 7.73. The van der Waals surface area contributed by atoms with E-state index in [4.69, 9.17) is 4.74 Å². The molecule has 176 valence electrons. The second-order valence-electron chi connectivity index (χ2n) is 7.04. The molecule has 0 bridgehead atoms. The highest BCUT2D eigenvalue weighted by atomic mass is 32.2. The number of alkyl halides is 3. The molecule has 0 unspecified atom stereocenters. The van der Waals surface area contributed by atoms with E-state index in [0.717, 1.165) is 18.2 Å². The van der Waals surface area contributed by atoms with Gasteiger partial charge in [-0.1, -0.05) is 19.9 Å². The summed E-state index contributed by atoms with van der Waals surface area (Å²) in [5.74, 6) is -3.09. The molecule has 32 heavy (non-hydrogen) atoms. The van der Waals surface area contributed by atoms with E-state index < -0.39 is 50.2 Å². The minimum absolute atomic E-state index is 0.0203. The van der Waals surface area contributed by atoms with Crippen molar-refractivity contribution >= 4 is 27.3 Å². The van der Waals surface area contributed by atoms with E-state index in [-0.39, 0.29) is 24.0 Å². The number of hydrogen-bond acceptors (Lipinski definition) is 5. The summed E-state index contributed by atoms with van der Waals surface area (Å²) in [6.07, 6.45) is -6.32. The Morgan fingerprint density at radius 3 is 2.41 bits per heavy atom. The lowest BCUT2D eigenvalue weighted by Gasteiger charge is -2.17. The fourth-order valence-electron chi connectivity index (χ4n) is 2.62. The van der Waals surface area contributed by atoms with E-state index in [9.17, 15) is 35.9 Å². The van der Waals surface area contributed by atoms with Crippen LogP contribution < -0.4 is 14.8 Å². The van der Waals surface area contributed by atoms with Crippen LogP contribution >= 0.6 is 0 Å². The Labute approximate surface area is 182 Å². The molecule has 12 heteroatoms. The zero-order valence-corrected chi connectivity index (χ0v) is 18.1. The molecule has 3 N–H and O–H groups in total. The minimum atomic E-state index is -5.01. The average molecular weight is 478 g/mol.